The number of hydrogen-bond donors (Lipinski definition) is 2. The Labute approximate surface area is 152 Å². The normalized spacial score (nSPS) is 11.6. The second-order valence-electron chi connectivity index (χ2n) is 5.39. The number of carbonyl (C=O) groups excluding carboxylic acids is 2. The number of nitro groups is 1. The highest BCUT2D eigenvalue weighted by molar-refractivity contribution is 6.01. The van der Waals surface area contributed by atoms with Crippen LogP contribution < -0.4 is 15.4 Å². The fourth-order valence-electron chi connectivity index (χ4n) is 2.08. The minimum absolute atomic E-state index is 0.0392. The molecule has 0 saturated carbocycles. The van der Waals surface area contributed by atoms with Crippen LogP contribution in [0.25, 0.3) is 0 Å². The summed E-state index contributed by atoms with van der Waals surface area (Å²) in [6, 6.07) is 9.39. The lowest BCUT2D eigenvalue weighted by Crippen LogP contribution is -2.41. The molecule has 8 nitrogen and oxygen atoms in total. The van der Waals surface area contributed by atoms with Crippen molar-refractivity contribution in [1.29, 1.82) is 0 Å². The number of rotatable bonds is 7. The summed E-state index contributed by atoms with van der Waals surface area (Å²) in [4.78, 5) is 34.4. The van der Waals surface area contributed by atoms with Crippen molar-refractivity contribution in [3.05, 3.63) is 64.2 Å². The van der Waals surface area contributed by atoms with Crippen LogP contribution >= 0.6 is 0 Å². The van der Waals surface area contributed by atoms with Gasteiger partial charge in [0.2, 0.25) is 5.91 Å². The van der Waals surface area contributed by atoms with Crippen LogP contribution in [0.4, 0.5) is 20.2 Å². The molecule has 142 valence electrons. The average Bonchev–Trinajstić information content (AvgIpc) is 2.62. The van der Waals surface area contributed by atoms with Crippen molar-refractivity contribution in [2.24, 2.45) is 0 Å². The predicted molar refractivity (Wildman–Crippen MR) is 91.7 cm³/mol. The quantitative estimate of drug-likeness (QED) is 0.568. The van der Waals surface area contributed by atoms with E-state index in [2.05, 4.69) is 15.4 Å². The van der Waals surface area contributed by atoms with E-state index in [4.69, 9.17) is 0 Å². The molecule has 1 unspecified atom stereocenters. The van der Waals surface area contributed by atoms with Gasteiger partial charge in [0.1, 0.15) is 11.8 Å². The summed E-state index contributed by atoms with van der Waals surface area (Å²) in [5.41, 5.74) is 0.112. The van der Waals surface area contributed by atoms with Crippen LogP contribution in [0.2, 0.25) is 0 Å². The number of alkyl halides is 2. The van der Waals surface area contributed by atoms with E-state index in [1.165, 1.54) is 49.4 Å². The number of nitrogens with one attached hydrogen (secondary N) is 2. The first-order chi connectivity index (χ1) is 12.8. The molecule has 1 atom stereocenters. The van der Waals surface area contributed by atoms with Gasteiger partial charge >= 0.3 is 6.61 Å². The number of nitro benzene ring substituents is 1. The number of ether oxygens (including phenoxy) is 1. The van der Waals surface area contributed by atoms with Crippen molar-refractivity contribution in [1.82, 2.24) is 5.32 Å². The fraction of sp³-hybridized carbons (Fsp3) is 0.176. The first kappa shape index (κ1) is 19.8. The van der Waals surface area contributed by atoms with E-state index < -0.39 is 29.4 Å². The first-order valence-electron chi connectivity index (χ1n) is 7.67. The SMILES string of the molecule is CC(NC(=O)c1cccc([N+](=O)[O-])c1)C(=O)Nc1ccc(OC(F)F)cc1. The van der Waals surface area contributed by atoms with E-state index in [0.29, 0.717) is 5.69 Å². The number of carbonyl (C=O) groups is 2. The van der Waals surface area contributed by atoms with Gasteiger partial charge in [-0.1, -0.05) is 6.07 Å². The minimum Gasteiger partial charge on any atom is -0.435 e. The Morgan fingerprint density at radius 2 is 1.81 bits per heavy atom. The van der Waals surface area contributed by atoms with Gasteiger partial charge in [-0.05, 0) is 37.3 Å². The molecule has 0 aliphatic carbocycles. The molecule has 27 heavy (non-hydrogen) atoms. The van der Waals surface area contributed by atoms with Crippen LogP contribution in [-0.4, -0.2) is 29.4 Å². The molecule has 10 heteroatoms. The Morgan fingerprint density at radius 3 is 2.41 bits per heavy atom. The van der Waals surface area contributed by atoms with E-state index in [1.807, 2.05) is 0 Å². The molecule has 2 N–H and O–H groups in total. The molecule has 0 radical (unpaired) electrons. The third kappa shape index (κ3) is 5.73. The molecule has 2 rings (SSSR count). The first-order valence-corrected chi connectivity index (χ1v) is 7.67. The Morgan fingerprint density at radius 1 is 1.15 bits per heavy atom. The van der Waals surface area contributed by atoms with Crippen LogP contribution in [-0.2, 0) is 4.79 Å². The topological polar surface area (TPSA) is 111 Å². The standard InChI is InChI=1S/C17H15F2N3O5/c1-10(20-16(24)11-3-2-4-13(9-11)22(25)26)15(23)21-12-5-7-14(8-6-12)27-17(18)19/h2-10,17H,1H3,(H,20,24)(H,21,23). The number of nitrogens with zero attached hydrogens (tertiary/aromatic N) is 1. The maximum Gasteiger partial charge on any atom is 0.387 e. The molecule has 0 aliphatic rings. The molecule has 0 heterocycles. The lowest BCUT2D eigenvalue weighted by molar-refractivity contribution is -0.384. The molecule has 2 amide bonds. The van der Waals surface area contributed by atoms with Crippen molar-refractivity contribution in [2.45, 2.75) is 19.6 Å². The molecule has 0 bridgehead atoms. The molecule has 0 aromatic heterocycles. The fourth-order valence-corrected chi connectivity index (χ4v) is 2.08. The van der Waals surface area contributed by atoms with Gasteiger partial charge in [0, 0.05) is 23.4 Å². The smallest absolute Gasteiger partial charge is 0.387 e. The molecular weight excluding hydrogens is 364 g/mol. The number of halogens is 2. The van der Waals surface area contributed by atoms with Crippen molar-refractivity contribution in [2.75, 3.05) is 5.32 Å². The Balaban J connectivity index is 1.96. The monoisotopic (exact) mass is 379 g/mol. The van der Waals surface area contributed by atoms with Gasteiger partial charge in [0.25, 0.3) is 11.6 Å². The number of anilines is 1. The highest BCUT2D eigenvalue weighted by Gasteiger charge is 2.18. The van der Waals surface area contributed by atoms with Crippen molar-refractivity contribution < 1.29 is 28.0 Å². The minimum atomic E-state index is -2.95. The lowest BCUT2D eigenvalue weighted by Gasteiger charge is -2.14. The summed E-state index contributed by atoms with van der Waals surface area (Å²) >= 11 is 0. The van der Waals surface area contributed by atoms with E-state index in [9.17, 15) is 28.5 Å². The maximum absolute atomic E-state index is 12.1. The lowest BCUT2D eigenvalue weighted by atomic mass is 10.1. The van der Waals surface area contributed by atoms with E-state index in [0.717, 1.165) is 6.07 Å². The van der Waals surface area contributed by atoms with Crippen LogP contribution in [0.15, 0.2) is 48.5 Å². The van der Waals surface area contributed by atoms with Gasteiger partial charge in [-0.25, -0.2) is 0 Å². The summed E-state index contributed by atoms with van der Waals surface area (Å²) in [5, 5.41) is 15.7. The van der Waals surface area contributed by atoms with Crippen LogP contribution in [0.1, 0.15) is 17.3 Å². The summed E-state index contributed by atoms with van der Waals surface area (Å²) in [5.74, 6) is -1.27. The zero-order valence-electron chi connectivity index (χ0n) is 14.0. The number of hydrogen-bond acceptors (Lipinski definition) is 5. The highest BCUT2D eigenvalue weighted by atomic mass is 19.3. The summed E-state index contributed by atoms with van der Waals surface area (Å²) in [6.45, 7) is -1.52. The molecule has 0 spiro atoms. The van der Waals surface area contributed by atoms with Gasteiger partial charge in [-0.2, -0.15) is 8.78 Å². The van der Waals surface area contributed by atoms with Gasteiger partial charge in [-0.15, -0.1) is 0 Å². The molecule has 0 saturated heterocycles. The number of amides is 2. The molecular formula is C17H15F2N3O5. The third-order valence-corrected chi connectivity index (χ3v) is 3.41. The second-order valence-corrected chi connectivity index (χ2v) is 5.39. The number of benzene rings is 2. The Kier molecular flexibility index (Phi) is 6.36. The van der Waals surface area contributed by atoms with Crippen molar-refractivity contribution in [3.8, 4) is 5.75 Å². The Hall–Kier alpha value is -3.56. The third-order valence-electron chi connectivity index (χ3n) is 3.41. The van der Waals surface area contributed by atoms with Gasteiger partial charge in [-0.3, -0.25) is 19.7 Å². The van der Waals surface area contributed by atoms with Gasteiger partial charge < -0.3 is 15.4 Å². The molecule has 0 fully saturated rings. The molecule has 0 aliphatic heterocycles. The van der Waals surface area contributed by atoms with E-state index >= 15 is 0 Å². The Bertz CT molecular complexity index is 843. The zero-order chi connectivity index (χ0) is 20.0. The predicted octanol–water partition coefficient (Wildman–Crippen LogP) is 2.95. The summed E-state index contributed by atoms with van der Waals surface area (Å²) in [6.07, 6.45) is 0. The van der Waals surface area contributed by atoms with Crippen molar-refractivity contribution >= 4 is 23.2 Å². The van der Waals surface area contributed by atoms with Crippen LogP contribution in [0.3, 0.4) is 0 Å². The van der Waals surface area contributed by atoms with E-state index in [1.54, 1.807) is 0 Å². The summed E-state index contributed by atoms with van der Waals surface area (Å²) < 4.78 is 28.4. The maximum atomic E-state index is 12.1. The van der Waals surface area contributed by atoms with Crippen LogP contribution in [0.5, 0.6) is 5.75 Å². The van der Waals surface area contributed by atoms with Gasteiger partial charge in [0.05, 0.1) is 4.92 Å². The number of non-ortho nitro benzene ring substituents is 1. The second kappa shape index (κ2) is 8.70. The largest absolute Gasteiger partial charge is 0.435 e. The summed E-state index contributed by atoms with van der Waals surface area (Å²) in [7, 11) is 0. The van der Waals surface area contributed by atoms with Crippen molar-refractivity contribution in [3.63, 3.8) is 0 Å². The van der Waals surface area contributed by atoms with Gasteiger partial charge in [0.15, 0.2) is 0 Å². The van der Waals surface area contributed by atoms with E-state index in [-0.39, 0.29) is 17.0 Å². The van der Waals surface area contributed by atoms with Crippen LogP contribution in [0, 0.1) is 10.1 Å². The average molecular weight is 379 g/mol. The zero-order valence-corrected chi connectivity index (χ0v) is 14.0. The molecule has 2 aromatic carbocycles. The highest BCUT2D eigenvalue weighted by Crippen LogP contribution is 2.18. The molecule has 2 aromatic rings.